The summed E-state index contributed by atoms with van der Waals surface area (Å²) in [6.07, 6.45) is 14.4. The lowest BCUT2D eigenvalue weighted by molar-refractivity contribution is 0.445. The fourth-order valence-corrected chi connectivity index (χ4v) is 9.02. The summed E-state index contributed by atoms with van der Waals surface area (Å²) in [5.74, 6) is 2.04. The van der Waals surface area contributed by atoms with Gasteiger partial charge in [-0.05, 0) is 18.9 Å². The van der Waals surface area contributed by atoms with E-state index in [0.29, 0.717) is 0 Å². The van der Waals surface area contributed by atoms with Crippen LogP contribution in [-0.2, 0) is 0 Å². The zero-order chi connectivity index (χ0) is 14.2. The lowest BCUT2D eigenvalue weighted by atomic mass is 9.24. The highest BCUT2D eigenvalue weighted by atomic mass is 35.6. The number of allylic oxidation sites excluding steroid dienone is 2. The van der Waals surface area contributed by atoms with E-state index in [2.05, 4.69) is 13.5 Å². The van der Waals surface area contributed by atoms with E-state index in [-0.39, 0.29) is 0 Å². The van der Waals surface area contributed by atoms with Gasteiger partial charge in [-0.15, -0.1) is 5.47 Å². The molecule has 0 saturated carbocycles. The SMILES string of the molecule is CCCCC1=C(B2C3CCCC2CCC3)CC[Si]1(C)Cl. The van der Waals surface area contributed by atoms with Gasteiger partial charge >= 0.3 is 0 Å². The lowest BCUT2D eigenvalue weighted by Crippen LogP contribution is -2.37. The van der Waals surface area contributed by atoms with E-state index in [1.54, 1.807) is 0 Å². The standard InChI is InChI=1S/C17H30BClSi/c1-3-4-11-17-16(12-13-20(17,2)19)18-14-7-5-8-15(18)10-6-9-14/h14-15H,3-13H2,1-2H3. The second-order valence-electron chi connectivity index (χ2n) is 7.71. The van der Waals surface area contributed by atoms with E-state index in [0.717, 1.165) is 18.3 Å². The Morgan fingerprint density at radius 2 is 1.75 bits per heavy atom. The summed E-state index contributed by atoms with van der Waals surface area (Å²) in [6.45, 7) is 5.69. The molecule has 0 aromatic rings. The fourth-order valence-electron chi connectivity index (χ4n) is 5.39. The molecule has 3 heteroatoms. The van der Waals surface area contributed by atoms with E-state index in [4.69, 9.17) is 11.1 Å². The Bertz CT molecular complexity index is 368. The summed E-state index contributed by atoms with van der Waals surface area (Å²) in [4.78, 5) is 0. The number of halogens is 1. The molecule has 3 heterocycles. The Morgan fingerprint density at radius 3 is 2.30 bits per heavy atom. The number of fused-ring (bicyclic) bond motifs is 2. The third kappa shape index (κ3) is 2.79. The van der Waals surface area contributed by atoms with Crippen LogP contribution in [0.2, 0.25) is 24.2 Å². The van der Waals surface area contributed by atoms with Crippen molar-refractivity contribution in [3.05, 3.63) is 10.7 Å². The Balaban J connectivity index is 1.89. The average molecular weight is 309 g/mol. The van der Waals surface area contributed by atoms with Gasteiger partial charge in [0.25, 0.3) is 0 Å². The molecule has 0 aliphatic carbocycles. The highest BCUT2D eigenvalue weighted by Gasteiger charge is 2.47. The van der Waals surface area contributed by atoms with Crippen LogP contribution in [0.4, 0.5) is 0 Å². The molecule has 1 atom stereocenters. The molecule has 0 aromatic heterocycles. The summed E-state index contributed by atoms with van der Waals surface area (Å²) in [6, 6.07) is 1.33. The van der Waals surface area contributed by atoms with Crippen LogP contribution < -0.4 is 0 Å². The van der Waals surface area contributed by atoms with Crippen molar-refractivity contribution < 1.29 is 0 Å². The van der Waals surface area contributed by atoms with Gasteiger partial charge in [-0.1, -0.05) is 81.7 Å². The summed E-state index contributed by atoms with van der Waals surface area (Å²) in [5, 5.41) is 1.81. The Labute approximate surface area is 131 Å². The van der Waals surface area contributed by atoms with Crippen LogP contribution in [0.3, 0.4) is 0 Å². The topological polar surface area (TPSA) is 0 Å². The minimum Gasteiger partial charge on any atom is -0.162 e. The molecule has 3 rings (SSSR count). The molecule has 3 aliphatic heterocycles. The van der Waals surface area contributed by atoms with Crippen LogP contribution in [0.1, 0.15) is 71.1 Å². The highest BCUT2D eigenvalue weighted by molar-refractivity contribution is 7.24. The van der Waals surface area contributed by atoms with Gasteiger partial charge in [0.05, 0.1) is 0 Å². The van der Waals surface area contributed by atoms with Gasteiger partial charge in [-0.3, -0.25) is 0 Å². The van der Waals surface area contributed by atoms with Crippen molar-refractivity contribution in [2.75, 3.05) is 0 Å². The molecule has 0 amide bonds. The first-order chi connectivity index (χ1) is 9.63. The molecule has 3 aliphatic rings. The Morgan fingerprint density at radius 1 is 1.15 bits per heavy atom. The van der Waals surface area contributed by atoms with Crippen LogP contribution >= 0.6 is 11.1 Å². The molecular weight excluding hydrogens is 279 g/mol. The number of hydrogen-bond acceptors (Lipinski definition) is 0. The predicted molar refractivity (Wildman–Crippen MR) is 94.4 cm³/mol. The normalized spacial score (nSPS) is 37.6. The molecule has 0 nitrogen and oxygen atoms in total. The van der Waals surface area contributed by atoms with Gasteiger partial charge in [-0.2, -0.15) is 11.1 Å². The summed E-state index contributed by atoms with van der Waals surface area (Å²) >= 11 is 7.02. The first-order valence-electron chi connectivity index (χ1n) is 9.05. The van der Waals surface area contributed by atoms with E-state index in [1.165, 1.54) is 70.3 Å². The first-order valence-corrected chi connectivity index (χ1v) is 12.8. The van der Waals surface area contributed by atoms with Crippen molar-refractivity contribution in [3.63, 3.8) is 0 Å². The van der Waals surface area contributed by atoms with Crippen LogP contribution in [0.5, 0.6) is 0 Å². The van der Waals surface area contributed by atoms with Crippen molar-refractivity contribution in [3.8, 4) is 0 Å². The van der Waals surface area contributed by atoms with Crippen molar-refractivity contribution in [2.24, 2.45) is 0 Å². The van der Waals surface area contributed by atoms with Gasteiger partial charge in [0, 0.05) is 0 Å². The smallest absolute Gasteiger partial charge is 0.162 e. The minimum atomic E-state index is -1.55. The van der Waals surface area contributed by atoms with E-state index < -0.39 is 7.38 Å². The van der Waals surface area contributed by atoms with Crippen LogP contribution in [0, 0.1) is 0 Å². The number of rotatable bonds is 4. The number of hydrogen-bond donors (Lipinski definition) is 0. The maximum absolute atomic E-state index is 7.02. The van der Waals surface area contributed by atoms with Crippen LogP contribution in [0.25, 0.3) is 0 Å². The van der Waals surface area contributed by atoms with Crippen molar-refractivity contribution in [2.45, 2.75) is 95.4 Å². The van der Waals surface area contributed by atoms with E-state index in [1.807, 2.05) is 10.7 Å². The summed E-state index contributed by atoms with van der Waals surface area (Å²) in [5.41, 5.74) is 1.90. The monoisotopic (exact) mass is 308 g/mol. The minimum absolute atomic E-state index is 0.956. The fraction of sp³-hybridized carbons (Fsp3) is 0.882. The Hall–Kier alpha value is 0.312. The molecule has 20 heavy (non-hydrogen) atoms. The van der Waals surface area contributed by atoms with Crippen LogP contribution in [0.15, 0.2) is 10.7 Å². The van der Waals surface area contributed by atoms with Crippen LogP contribution in [-0.4, -0.2) is 14.1 Å². The van der Waals surface area contributed by atoms with Crippen molar-refractivity contribution in [1.82, 2.24) is 0 Å². The van der Waals surface area contributed by atoms with E-state index >= 15 is 0 Å². The average Bonchev–Trinajstić information content (AvgIpc) is 2.70. The third-order valence-corrected chi connectivity index (χ3v) is 10.6. The lowest BCUT2D eigenvalue weighted by Gasteiger charge is -2.42. The molecule has 2 fully saturated rings. The second kappa shape index (κ2) is 6.20. The zero-order valence-corrected chi connectivity index (χ0v) is 15.1. The third-order valence-electron chi connectivity index (χ3n) is 6.38. The summed E-state index contributed by atoms with van der Waals surface area (Å²) in [7, 11) is -1.55. The largest absolute Gasteiger partial charge is 0.179 e. The first kappa shape index (κ1) is 15.2. The van der Waals surface area contributed by atoms with E-state index in [9.17, 15) is 0 Å². The molecule has 0 radical (unpaired) electrons. The Kier molecular flexibility index (Phi) is 4.72. The van der Waals surface area contributed by atoms with Crippen molar-refractivity contribution >= 4 is 25.2 Å². The predicted octanol–water partition coefficient (Wildman–Crippen LogP) is 6.37. The molecule has 2 bridgehead atoms. The van der Waals surface area contributed by atoms with Crippen molar-refractivity contribution in [1.29, 1.82) is 0 Å². The maximum Gasteiger partial charge on any atom is 0.179 e. The quantitative estimate of drug-likeness (QED) is 0.418. The summed E-state index contributed by atoms with van der Waals surface area (Å²) < 4.78 is 0. The molecule has 1 unspecified atom stereocenters. The molecule has 0 spiro atoms. The molecule has 2 saturated heterocycles. The second-order valence-corrected chi connectivity index (χ2v) is 13.7. The van der Waals surface area contributed by atoms with Gasteiger partial charge < -0.3 is 0 Å². The molecular formula is C17H30BClSi. The van der Waals surface area contributed by atoms with Gasteiger partial charge in [-0.25, -0.2) is 0 Å². The molecule has 0 N–H and O–H groups in total. The molecule has 112 valence electrons. The number of unbranched alkanes of at least 4 members (excludes halogenated alkanes) is 1. The van der Waals surface area contributed by atoms with Gasteiger partial charge in [0.2, 0.25) is 0 Å². The van der Waals surface area contributed by atoms with Gasteiger partial charge in [0.1, 0.15) is 0 Å². The zero-order valence-electron chi connectivity index (χ0n) is 13.4. The maximum atomic E-state index is 7.02. The highest BCUT2D eigenvalue weighted by Crippen LogP contribution is 2.53. The van der Waals surface area contributed by atoms with Gasteiger partial charge in [0.15, 0.2) is 14.1 Å². The molecule has 0 aromatic carbocycles.